The molecule has 17 heavy (non-hydrogen) atoms. The summed E-state index contributed by atoms with van der Waals surface area (Å²) in [5, 5.41) is 12.4. The van der Waals surface area contributed by atoms with Crippen molar-refractivity contribution in [3.8, 4) is 5.75 Å². The zero-order chi connectivity index (χ0) is 12.3. The zero-order valence-corrected chi connectivity index (χ0v) is 9.58. The van der Waals surface area contributed by atoms with Gasteiger partial charge in [0.05, 0.1) is 5.56 Å². The summed E-state index contributed by atoms with van der Waals surface area (Å²) in [5.41, 5.74) is 0.136. The van der Waals surface area contributed by atoms with Gasteiger partial charge in [-0.3, -0.25) is 4.79 Å². The number of halogens is 1. The van der Waals surface area contributed by atoms with E-state index in [1.807, 2.05) is 0 Å². The summed E-state index contributed by atoms with van der Waals surface area (Å²) >= 11 is 0. The molecule has 0 bridgehead atoms. The van der Waals surface area contributed by atoms with Gasteiger partial charge in [-0.15, -0.1) is 0 Å². The number of aromatic hydroxyl groups is 1. The molecular weight excluding hydrogens is 221 g/mol. The fraction of sp³-hybridized carbons (Fsp3) is 0.462. The largest absolute Gasteiger partial charge is 0.507 e. The van der Waals surface area contributed by atoms with Crippen LogP contribution in [0.2, 0.25) is 0 Å². The van der Waals surface area contributed by atoms with Gasteiger partial charge in [0.1, 0.15) is 11.6 Å². The first-order valence-electron chi connectivity index (χ1n) is 5.96. The second-order valence-corrected chi connectivity index (χ2v) is 4.47. The summed E-state index contributed by atoms with van der Waals surface area (Å²) in [6.07, 6.45) is 5.43. The molecule has 1 aliphatic carbocycles. The van der Waals surface area contributed by atoms with Crippen molar-refractivity contribution in [3.05, 3.63) is 29.6 Å². The lowest BCUT2D eigenvalue weighted by molar-refractivity contribution is 0.0925. The van der Waals surface area contributed by atoms with Crippen molar-refractivity contribution in [2.75, 3.05) is 0 Å². The standard InChI is InChI=1S/C13H16FNO2/c14-9-6-7-11(12(16)8-9)13(17)15-10-4-2-1-3-5-10/h6-8,10,16H,1-5H2,(H,15,17). The molecule has 1 aromatic carbocycles. The van der Waals surface area contributed by atoms with Gasteiger partial charge >= 0.3 is 0 Å². The van der Waals surface area contributed by atoms with Gasteiger partial charge < -0.3 is 10.4 Å². The van der Waals surface area contributed by atoms with Crippen molar-refractivity contribution in [3.63, 3.8) is 0 Å². The monoisotopic (exact) mass is 237 g/mol. The minimum atomic E-state index is -0.545. The Hall–Kier alpha value is -1.58. The maximum Gasteiger partial charge on any atom is 0.255 e. The number of amides is 1. The van der Waals surface area contributed by atoms with Crippen LogP contribution < -0.4 is 5.32 Å². The van der Waals surface area contributed by atoms with Crippen molar-refractivity contribution in [1.29, 1.82) is 0 Å². The third-order valence-corrected chi connectivity index (χ3v) is 3.14. The van der Waals surface area contributed by atoms with E-state index in [1.54, 1.807) is 0 Å². The molecule has 2 N–H and O–H groups in total. The van der Waals surface area contributed by atoms with Gasteiger partial charge in [-0.05, 0) is 25.0 Å². The highest BCUT2D eigenvalue weighted by molar-refractivity contribution is 5.96. The van der Waals surface area contributed by atoms with Gasteiger partial charge in [0.2, 0.25) is 0 Å². The predicted molar refractivity (Wildman–Crippen MR) is 62.4 cm³/mol. The number of hydrogen-bond acceptors (Lipinski definition) is 2. The molecule has 0 radical (unpaired) electrons. The van der Waals surface area contributed by atoms with Crippen LogP contribution in [-0.2, 0) is 0 Å². The van der Waals surface area contributed by atoms with E-state index in [-0.39, 0.29) is 23.3 Å². The molecule has 4 heteroatoms. The van der Waals surface area contributed by atoms with Gasteiger partial charge in [-0.2, -0.15) is 0 Å². The molecule has 1 aliphatic rings. The van der Waals surface area contributed by atoms with Gasteiger partial charge in [0.25, 0.3) is 5.91 Å². The number of nitrogens with one attached hydrogen (secondary N) is 1. The van der Waals surface area contributed by atoms with Crippen LogP contribution in [0.3, 0.4) is 0 Å². The first kappa shape index (κ1) is 11.9. The highest BCUT2D eigenvalue weighted by Gasteiger charge is 2.18. The summed E-state index contributed by atoms with van der Waals surface area (Å²) < 4.78 is 12.8. The molecule has 0 heterocycles. The van der Waals surface area contributed by atoms with Crippen molar-refractivity contribution in [2.45, 2.75) is 38.1 Å². The second kappa shape index (κ2) is 5.17. The molecule has 0 unspecified atom stereocenters. The number of phenolic OH excluding ortho intramolecular Hbond substituents is 1. The van der Waals surface area contributed by atoms with E-state index < -0.39 is 5.82 Å². The lowest BCUT2D eigenvalue weighted by Gasteiger charge is -2.22. The van der Waals surface area contributed by atoms with E-state index in [9.17, 15) is 14.3 Å². The molecule has 0 spiro atoms. The molecule has 1 amide bonds. The predicted octanol–water partition coefficient (Wildman–Crippen LogP) is 2.59. The number of carbonyl (C=O) groups is 1. The maximum absolute atomic E-state index is 12.8. The molecule has 3 nitrogen and oxygen atoms in total. The highest BCUT2D eigenvalue weighted by Crippen LogP contribution is 2.21. The molecule has 1 saturated carbocycles. The molecular formula is C13H16FNO2. The quantitative estimate of drug-likeness (QED) is 0.830. The minimum Gasteiger partial charge on any atom is -0.507 e. The third kappa shape index (κ3) is 2.96. The Labute approximate surface area is 99.7 Å². The van der Waals surface area contributed by atoms with Crippen LogP contribution in [-0.4, -0.2) is 17.1 Å². The highest BCUT2D eigenvalue weighted by atomic mass is 19.1. The summed E-state index contributed by atoms with van der Waals surface area (Å²) in [6.45, 7) is 0. The zero-order valence-electron chi connectivity index (χ0n) is 9.58. The van der Waals surface area contributed by atoms with Crippen molar-refractivity contribution >= 4 is 5.91 Å². The molecule has 1 fully saturated rings. The fourth-order valence-electron chi connectivity index (χ4n) is 2.21. The van der Waals surface area contributed by atoms with E-state index in [1.165, 1.54) is 18.6 Å². The van der Waals surface area contributed by atoms with Crippen molar-refractivity contribution in [2.24, 2.45) is 0 Å². The average molecular weight is 237 g/mol. The normalized spacial score (nSPS) is 16.8. The average Bonchev–Trinajstić information content (AvgIpc) is 2.30. The molecule has 0 aromatic heterocycles. The molecule has 2 rings (SSSR count). The molecule has 0 aliphatic heterocycles. The SMILES string of the molecule is O=C(NC1CCCCC1)c1ccc(F)cc1O. The van der Waals surface area contributed by atoms with E-state index in [4.69, 9.17) is 0 Å². The van der Waals surface area contributed by atoms with E-state index >= 15 is 0 Å². The lowest BCUT2D eigenvalue weighted by atomic mass is 9.95. The van der Waals surface area contributed by atoms with Gasteiger partial charge in [-0.1, -0.05) is 19.3 Å². The first-order valence-corrected chi connectivity index (χ1v) is 5.96. The van der Waals surface area contributed by atoms with Gasteiger partial charge in [0.15, 0.2) is 0 Å². The van der Waals surface area contributed by atoms with Crippen LogP contribution >= 0.6 is 0 Å². The number of benzene rings is 1. The Kier molecular flexibility index (Phi) is 3.61. The van der Waals surface area contributed by atoms with Gasteiger partial charge in [0, 0.05) is 12.1 Å². The van der Waals surface area contributed by atoms with Crippen LogP contribution in [0, 0.1) is 5.82 Å². The second-order valence-electron chi connectivity index (χ2n) is 4.47. The molecule has 92 valence electrons. The van der Waals surface area contributed by atoms with Crippen molar-refractivity contribution < 1.29 is 14.3 Å². The molecule has 1 aromatic rings. The fourth-order valence-corrected chi connectivity index (χ4v) is 2.21. The lowest BCUT2D eigenvalue weighted by Crippen LogP contribution is -2.36. The number of phenols is 1. The van der Waals surface area contributed by atoms with Crippen molar-refractivity contribution in [1.82, 2.24) is 5.32 Å². The summed E-state index contributed by atoms with van der Waals surface area (Å²) in [4.78, 5) is 11.9. The minimum absolute atomic E-state index is 0.136. The maximum atomic E-state index is 12.8. The van der Waals surface area contributed by atoms with Crippen LogP contribution in [0.25, 0.3) is 0 Å². The van der Waals surface area contributed by atoms with E-state index in [0.29, 0.717) is 0 Å². The Balaban J connectivity index is 2.03. The molecule has 0 saturated heterocycles. The summed E-state index contributed by atoms with van der Waals surface area (Å²) in [7, 11) is 0. The number of carbonyl (C=O) groups excluding carboxylic acids is 1. The molecule has 0 atom stereocenters. The number of rotatable bonds is 2. The Morgan fingerprint density at radius 3 is 2.65 bits per heavy atom. The Bertz CT molecular complexity index is 414. The van der Waals surface area contributed by atoms with Gasteiger partial charge in [-0.25, -0.2) is 4.39 Å². The van der Waals surface area contributed by atoms with Crippen LogP contribution in [0.15, 0.2) is 18.2 Å². The number of hydrogen-bond donors (Lipinski definition) is 2. The summed E-state index contributed by atoms with van der Waals surface area (Å²) in [6, 6.07) is 3.62. The smallest absolute Gasteiger partial charge is 0.255 e. The topological polar surface area (TPSA) is 49.3 Å². The van der Waals surface area contributed by atoms with E-state index in [0.717, 1.165) is 31.7 Å². The third-order valence-electron chi connectivity index (χ3n) is 3.14. The Morgan fingerprint density at radius 2 is 2.00 bits per heavy atom. The van der Waals surface area contributed by atoms with E-state index in [2.05, 4.69) is 5.32 Å². The Morgan fingerprint density at radius 1 is 1.29 bits per heavy atom. The van der Waals surface area contributed by atoms with Crippen LogP contribution in [0.4, 0.5) is 4.39 Å². The van der Waals surface area contributed by atoms with Crippen LogP contribution in [0.5, 0.6) is 5.75 Å². The first-order chi connectivity index (χ1) is 8.16. The van der Waals surface area contributed by atoms with Crippen LogP contribution in [0.1, 0.15) is 42.5 Å². The summed E-state index contributed by atoms with van der Waals surface area (Å²) in [5.74, 6) is -1.18.